The van der Waals surface area contributed by atoms with Gasteiger partial charge in [-0.05, 0) is 53.3 Å². The van der Waals surface area contributed by atoms with Crippen molar-refractivity contribution < 1.29 is 13.2 Å². The molecule has 1 saturated heterocycles. The van der Waals surface area contributed by atoms with Gasteiger partial charge in [0.1, 0.15) is 6.04 Å². The molecule has 3 aromatic rings. The number of carbonyl (C=O) groups excluding carboxylic acids is 1. The smallest absolute Gasteiger partial charge is 0.243 e. The van der Waals surface area contributed by atoms with E-state index in [9.17, 15) is 13.2 Å². The van der Waals surface area contributed by atoms with Gasteiger partial charge in [0.2, 0.25) is 15.9 Å². The second-order valence-electron chi connectivity index (χ2n) is 8.06. The summed E-state index contributed by atoms with van der Waals surface area (Å²) in [7, 11) is -3.74. The van der Waals surface area contributed by atoms with Gasteiger partial charge in [-0.25, -0.2) is 8.42 Å². The van der Waals surface area contributed by atoms with Crippen LogP contribution >= 0.6 is 0 Å². The Hall–Kier alpha value is -2.70. The zero-order chi connectivity index (χ0) is 20.7. The molecule has 5 nitrogen and oxygen atoms in total. The van der Waals surface area contributed by atoms with Gasteiger partial charge in [-0.15, -0.1) is 0 Å². The largest absolute Gasteiger partial charge is 0.337 e. The Morgan fingerprint density at radius 3 is 2.43 bits per heavy atom. The molecule has 3 aromatic carbocycles. The average molecular weight is 421 g/mol. The number of fused-ring (bicyclic) bond motifs is 2. The summed E-state index contributed by atoms with van der Waals surface area (Å²) < 4.78 is 28.3. The molecular weight excluding hydrogens is 396 g/mol. The van der Waals surface area contributed by atoms with Crippen LogP contribution in [0, 0.1) is 0 Å². The van der Waals surface area contributed by atoms with Crippen molar-refractivity contribution in [1.82, 2.24) is 9.21 Å². The molecule has 6 heteroatoms. The molecule has 1 fully saturated rings. The van der Waals surface area contributed by atoms with Crippen molar-refractivity contribution in [3.8, 4) is 0 Å². The Kier molecular flexibility index (Phi) is 4.83. The number of rotatable bonds is 3. The minimum Gasteiger partial charge on any atom is -0.337 e. The quantitative estimate of drug-likeness (QED) is 0.651. The van der Waals surface area contributed by atoms with Crippen molar-refractivity contribution in [1.29, 1.82) is 0 Å². The number of amides is 1. The van der Waals surface area contributed by atoms with Crippen LogP contribution in [-0.2, 0) is 27.8 Å². The van der Waals surface area contributed by atoms with Crippen LogP contribution in [0.3, 0.4) is 0 Å². The SMILES string of the molecule is O=C([C@H]1CCCN1S(=O)(=O)c1ccc2ccccc2c1)N1CCc2ccccc2C1. The van der Waals surface area contributed by atoms with Gasteiger partial charge in [0.05, 0.1) is 4.90 Å². The van der Waals surface area contributed by atoms with Crippen LogP contribution in [0.2, 0.25) is 0 Å². The van der Waals surface area contributed by atoms with Gasteiger partial charge in [-0.1, -0.05) is 54.6 Å². The molecule has 0 saturated carbocycles. The van der Waals surface area contributed by atoms with Crippen LogP contribution in [0.4, 0.5) is 0 Å². The zero-order valence-corrected chi connectivity index (χ0v) is 17.5. The molecule has 0 unspecified atom stereocenters. The van der Waals surface area contributed by atoms with Crippen molar-refractivity contribution in [3.05, 3.63) is 77.9 Å². The van der Waals surface area contributed by atoms with E-state index in [1.165, 1.54) is 9.87 Å². The second kappa shape index (κ2) is 7.52. The molecule has 0 bridgehead atoms. The number of hydrogen-bond donors (Lipinski definition) is 0. The Balaban J connectivity index is 1.42. The summed E-state index contributed by atoms with van der Waals surface area (Å²) in [5.41, 5.74) is 2.42. The predicted molar refractivity (Wildman–Crippen MR) is 116 cm³/mol. The molecule has 2 aliphatic rings. The van der Waals surface area contributed by atoms with Crippen molar-refractivity contribution in [3.63, 3.8) is 0 Å². The fourth-order valence-corrected chi connectivity index (χ4v) is 6.32. The number of hydrogen-bond acceptors (Lipinski definition) is 3. The first-order valence-electron chi connectivity index (χ1n) is 10.4. The molecule has 2 aliphatic heterocycles. The Bertz CT molecular complexity index is 1220. The van der Waals surface area contributed by atoms with Crippen LogP contribution in [0.1, 0.15) is 24.0 Å². The van der Waals surface area contributed by atoms with Crippen LogP contribution < -0.4 is 0 Å². The highest BCUT2D eigenvalue weighted by molar-refractivity contribution is 7.89. The van der Waals surface area contributed by atoms with Crippen LogP contribution in [0.15, 0.2) is 71.6 Å². The minimum absolute atomic E-state index is 0.0774. The predicted octanol–water partition coefficient (Wildman–Crippen LogP) is 3.58. The third-order valence-electron chi connectivity index (χ3n) is 6.26. The number of nitrogens with zero attached hydrogens (tertiary/aromatic N) is 2. The lowest BCUT2D eigenvalue weighted by molar-refractivity contribution is -0.135. The molecule has 5 rings (SSSR count). The molecule has 0 spiro atoms. The summed E-state index contributed by atoms with van der Waals surface area (Å²) in [6.07, 6.45) is 2.09. The first-order valence-corrected chi connectivity index (χ1v) is 11.8. The maximum Gasteiger partial charge on any atom is 0.243 e. The highest BCUT2D eigenvalue weighted by Crippen LogP contribution is 2.30. The van der Waals surface area contributed by atoms with Gasteiger partial charge in [-0.2, -0.15) is 4.31 Å². The highest BCUT2D eigenvalue weighted by Gasteiger charge is 2.41. The first-order chi connectivity index (χ1) is 14.5. The van der Waals surface area contributed by atoms with E-state index in [0.717, 1.165) is 22.8 Å². The number of sulfonamides is 1. The van der Waals surface area contributed by atoms with Gasteiger partial charge >= 0.3 is 0 Å². The Morgan fingerprint density at radius 2 is 1.60 bits per heavy atom. The van der Waals surface area contributed by atoms with E-state index >= 15 is 0 Å². The maximum atomic E-state index is 13.4. The number of carbonyl (C=O) groups is 1. The molecule has 1 amide bonds. The summed E-state index contributed by atoms with van der Waals surface area (Å²) in [5.74, 6) is -0.0774. The molecule has 0 aromatic heterocycles. The normalized spacial score (nSPS) is 19.7. The summed E-state index contributed by atoms with van der Waals surface area (Å²) in [6, 6.07) is 20.4. The molecule has 1 atom stereocenters. The fourth-order valence-electron chi connectivity index (χ4n) is 4.63. The summed E-state index contributed by atoms with van der Waals surface area (Å²) in [5, 5.41) is 1.88. The lowest BCUT2D eigenvalue weighted by Crippen LogP contribution is -2.49. The van der Waals surface area contributed by atoms with Crippen molar-refractivity contribution in [2.45, 2.75) is 36.7 Å². The number of benzene rings is 3. The first kappa shape index (κ1) is 19.3. The maximum absolute atomic E-state index is 13.4. The van der Waals surface area contributed by atoms with E-state index in [2.05, 4.69) is 6.07 Å². The Morgan fingerprint density at radius 1 is 0.867 bits per heavy atom. The molecule has 30 heavy (non-hydrogen) atoms. The molecule has 0 radical (unpaired) electrons. The van der Waals surface area contributed by atoms with E-state index in [1.54, 1.807) is 12.1 Å². The highest BCUT2D eigenvalue weighted by atomic mass is 32.2. The molecule has 154 valence electrons. The van der Waals surface area contributed by atoms with Crippen molar-refractivity contribution in [2.24, 2.45) is 0 Å². The standard InChI is InChI=1S/C24H24N2O3S/c27-24(25-15-13-19-7-2-4-9-21(19)17-25)23-10-5-14-26(23)30(28,29)22-12-11-18-6-1-3-8-20(18)16-22/h1-4,6-9,11-12,16,23H,5,10,13-15,17H2/t23-/m1/s1. The van der Waals surface area contributed by atoms with Crippen LogP contribution in [-0.4, -0.2) is 42.7 Å². The third-order valence-corrected chi connectivity index (χ3v) is 8.16. The van der Waals surface area contributed by atoms with Gasteiger partial charge in [0.25, 0.3) is 0 Å². The van der Waals surface area contributed by atoms with E-state index in [0.29, 0.717) is 32.5 Å². The van der Waals surface area contributed by atoms with Gasteiger partial charge in [-0.3, -0.25) is 4.79 Å². The van der Waals surface area contributed by atoms with Crippen LogP contribution in [0.5, 0.6) is 0 Å². The lowest BCUT2D eigenvalue weighted by Gasteiger charge is -2.33. The fraction of sp³-hybridized carbons (Fsp3) is 0.292. The second-order valence-corrected chi connectivity index (χ2v) is 9.95. The van der Waals surface area contributed by atoms with Crippen molar-refractivity contribution >= 4 is 26.7 Å². The Labute approximate surface area is 177 Å². The molecule has 0 aliphatic carbocycles. The topological polar surface area (TPSA) is 57.7 Å². The summed E-state index contributed by atoms with van der Waals surface area (Å²) >= 11 is 0. The summed E-state index contributed by atoms with van der Waals surface area (Å²) in [4.78, 5) is 15.4. The van der Waals surface area contributed by atoms with Gasteiger partial charge in [0, 0.05) is 19.6 Å². The monoisotopic (exact) mass is 420 g/mol. The lowest BCUT2D eigenvalue weighted by atomic mass is 9.99. The third kappa shape index (κ3) is 3.30. The summed E-state index contributed by atoms with van der Waals surface area (Å²) in [6.45, 7) is 1.57. The van der Waals surface area contributed by atoms with Crippen LogP contribution in [0.25, 0.3) is 10.8 Å². The van der Waals surface area contributed by atoms with Gasteiger partial charge < -0.3 is 4.90 Å². The minimum atomic E-state index is -3.74. The van der Waals surface area contributed by atoms with E-state index in [1.807, 2.05) is 53.4 Å². The van der Waals surface area contributed by atoms with Gasteiger partial charge in [0.15, 0.2) is 0 Å². The molecule has 2 heterocycles. The average Bonchev–Trinajstić information content (AvgIpc) is 3.29. The molecule has 0 N–H and O–H groups in total. The zero-order valence-electron chi connectivity index (χ0n) is 16.7. The van der Waals surface area contributed by atoms with Crippen molar-refractivity contribution in [2.75, 3.05) is 13.1 Å². The van der Waals surface area contributed by atoms with E-state index in [-0.39, 0.29) is 10.8 Å². The molecular formula is C24H24N2O3S. The van der Waals surface area contributed by atoms with E-state index < -0.39 is 16.1 Å². The van der Waals surface area contributed by atoms with E-state index in [4.69, 9.17) is 0 Å².